The average Bonchev–Trinajstić information content (AvgIpc) is 3.48. The number of allylic oxidation sites excluding steroid dienone is 10. The van der Waals surface area contributed by atoms with Crippen molar-refractivity contribution < 1.29 is 9.31 Å². The molecule has 0 spiro atoms. The normalized spacial score (nSPS) is 19.4. The predicted molar refractivity (Wildman–Crippen MR) is 136 cm³/mol. The molecule has 162 valence electrons. The van der Waals surface area contributed by atoms with Crippen LogP contribution in [0.1, 0.15) is 36.8 Å². The van der Waals surface area contributed by atoms with Crippen LogP contribution in [0.3, 0.4) is 0 Å². The van der Waals surface area contributed by atoms with Gasteiger partial charge in [-0.1, -0.05) is 60.7 Å². The minimum Gasteiger partial charge on any atom is -0.456 e. The van der Waals surface area contributed by atoms with E-state index in [-0.39, 0.29) is 0 Å². The van der Waals surface area contributed by atoms with Gasteiger partial charge in [-0.3, -0.25) is 0 Å². The maximum atomic E-state index is 6.59. The molecule has 0 fully saturated rings. The lowest BCUT2D eigenvalue weighted by Crippen LogP contribution is -2.11. The molecule has 1 heterocycles. The Bertz CT molecular complexity index is 1350. The molecule has 0 amide bonds. The molecule has 33 heavy (non-hydrogen) atoms. The lowest BCUT2D eigenvalue weighted by molar-refractivity contribution is -0.462. The van der Waals surface area contributed by atoms with Crippen molar-refractivity contribution in [1.82, 2.24) is 0 Å². The maximum absolute atomic E-state index is 6.59. The molecule has 2 nitrogen and oxygen atoms in total. The molecule has 2 aromatic carbocycles. The molecule has 0 saturated carbocycles. The number of ether oxygens (including phenoxy) is 1. The summed E-state index contributed by atoms with van der Waals surface area (Å²) in [6, 6.07) is 21.1. The van der Waals surface area contributed by atoms with Crippen LogP contribution in [-0.2, 0) is 4.74 Å². The maximum Gasteiger partial charge on any atom is 0.199 e. The highest BCUT2D eigenvalue weighted by Gasteiger charge is 2.33. The molecule has 3 aliphatic carbocycles. The third-order valence-corrected chi connectivity index (χ3v) is 7.07. The fourth-order valence-electron chi connectivity index (χ4n) is 5.39. The summed E-state index contributed by atoms with van der Waals surface area (Å²) in [6.07, 6.45) is 13.6. The Hall–Kier alpha value is -3.65. The van der Waals surface area contributed by atoms with Crippen molar-refractivity contribution in [2.75, 3.05) is 14.1 Å². The number of benzene rings is 2. The van der Waals surface area contributed by atoms with Crippen LogP contribution in [-0.4, -0.2) is 24.4 Å². The van der Waals surface area contributed by atoms with Crippen LogP contribution in [0.15, 0.2) is 118 Å². The first-order valence-corrected chi connectivity index (χ1v) is 11.8. The number of hydrogen-bond acceptors (Lipinski definition) is 1. The highest BCUT2D eigenvalue weighted by atomic mass is 16.5. The van der Waals surface area contributed by atoms with Gasteiger partial charge in [0.05, 0.1) is 0 Å². The summed E-state index contributed by atoms with van der Waals surface area (Å²) in [5.74, 6) is 1.96. The molecule has 0 radical (unpaired) electrons. The molecule has 2 heteroatoms. The van der Waals surface area contributed by atoms with Crippen molar-refractivity contribution in [2.24, 2.45) is 0 Å². The smallest absolute Gasteiger partial charge is 0.199 e. The molecule has 0 N–H and O–H groups in total. The summed E-state index contributed by atoms with van der Waals surface area (Å²) in [6.45, 7) is 0. The third kappa shape index (κ3) is 3.47. The van der Waals surface area contributed by atoms with Crippen molar-refractivity contribution in [2.45, 2.75) is 25.7 Å². The number of rotatable bonds is 3. The summed E-state index contributed by atoms with van der Waals surface area (Å²) in [5, 5.41) is 0. The highest BCUT2D eigenvalue weighted by molar-refractivity contribution is 6.03. The van der Waals surface area contributed by atoms with Gasteiger partial charge < -0.3 is 4.74 Å². The van der Waals surface area contributed by atoms with Crippen molar-refractivity contribution in [1.29, 1.82) is 0 Å². The van der Waals surface area contributed by atoms with Crippen molar-refractivity contribution in [3.63, 3.8) is 0 Å². The molecule has 0 saturated heterocycles. The Labute approximate surface area is 195 Å². The quantitative estimate of drug-likeness (QED) is 0.485. The number of nitrogens with zero attached hydrogens (tertiary/aromatic N) is 1. The van der Waals surface area contributed by atoms with E-state index in [4.69, 9.17) is 4.74 Å². The first kappa shape index (κ1) is 20.0. The van der Waals surface area contributed by atoms with Gasteiger partial charge in [-0.25, -0.2) is 4.58 Å². The average molecular weight is 431 g/mol. The van der Waals surface area contributed by atoms with Gasteiger partial charge in [-0.2, -0.15) is 0 Å². The van der Waals surface area contributed by atoms with Crippen LogP contribution >= 0.6 is 0 Å². The van der Waals surface area contributed by atoms with E-state index in [2.05, 4.69) is 104 Å². The van der Waals surface area contributed by atoms with Crippen LogP contribution in [0.5, 0.6) is 0 Å². The molecule has 1 aliphatic heterocycles. The van der Waals surface area contributed by atoms with Gasteiger partial charge >= 0.3 is 0 Å². The summed E-state index contributed by atoms with van der Waals surface area (Å²) in [5.41, 5.74) is 12.2. The van der Waals surface area contributed by atoms with Crippen LogP contribution < -0.4 is 0 Å². The van der Waals surface area contributed by atoms with Gasteiger partial charge in [0.15, 0.2) is 5.71 Å². The van der Waals surface area contributed by atoms with E-state index < -0.39 is 0 Å². The molecular formula is C31H28NO+. The Morgan fingerprint density at radius 1 is 0.636 bits per heavy atom. The number of fused-ring (bicyclic) bond motifs is 2. The topological polar surface area (TPSA) is 12.2 Å². The van der Waals surface area contributed by atoms with Gasteiger partial charge in [0.25, 0.3) is 0 Å². The Kier molecular flexibility index (Phi) is 4.87. The van der Waals surface area contributed by atoms with Crippen LogP contribution in [0, 0.1) is 0 Å². The zero-order valence-corrected chi connectivity index (χ0v) is 19.3. The fraction of sp³-hybridized carbons (Fsp3) is 0.194. The molecule has 0 aromatic heterocycles. The van der Waals surface area contributed by atoms with Crippen molar-refractivity contribution in [3.8, 4) is 0 Å². The van der Waals surface area contributed by atoms with Gasteiger partial charge in [0, 0.05) is 28.9 Å². The second-order valence-corrected chi connectivity index (χ2v) is 9.26. The lowest BCUT2D eigenvalue weighted by Gasteiger charge is -2.23. The first-order valence-electron chi connectivity index (χ1n) is 11.8. The summed E-state index contributed by atoms with van der Waals surface area (Å²) < 4.78 is 8.78. The highest BCUT2D eigenvalue weighted by Crippen LogP contribution is 2.50. The fourth-order valence-corrected chi connectivity index (χ4v) is 5.39. The van der Waals surface area contributed by atoms with Crippen molar-refractivity contribution >= 4 is 17.2 Å². The minimum atomic E-state index is 0.939. The Balaban J connectivity index is 1.52. The predicted octanol–water partition coefficient (Wildman–Crippen LogP) is 6.86. The third-order valence-electron chi connectivity index (χ3n) is 7.07. The second-order valence-electron chi connectivity index (χ2n) is 9.26. The van der Waals surface area contributed by atoms with E-state index in [1.54, 1.807) is 0 Å². The van der Waals surface area contributed by atoms with Crippen LogP contribution in [0.4, 0.5) is 0 Å². The SMILES string of the molecule is C[N+](C)=C1C=CC2=C(C3=C4C=C(c5ccccc5)OC(c5ccccc5)=C4CC3)CCC2=C1. The largest absolute Gasteiger partial charge is 0.456 e. The van der Waals surface area contributed by atoms with E-state index in [1.807, 2.05) is 0 Å². The zero-order valence-electron chi connectivity index (χ0n) is 19.3. The molecule has 0 atom stereocenters. The molecular weight excluding hydrogens is 402 g/mol. The van der Waals surface area contributed by atoms with Gasteiger partial charge in [-0.05, 0) is 65.7 Å². The van der Waals surface area contributed by atoms with Gasteiger partial charge in [0.1, 0.15) is 25.6 Å². The molecule has 6 rings (SSSR count). The van der Waals surface area contributed by atoms with Gasteiger partial charge in [-0.15, -0.1) is 0 Å². The summed E-state index contributed by atoms with van der Waals surface area (Å²) in [7, 11) is 4.23. The molecule has 0 unspecified atom stereocenters. The molecule has 2 aromatic rings. The Morgan fingerprint density at radius 3 is 2.00 bits per heavy atom. The van der Waals surface area contributed by atoms with Crippen LogP contribution in [0.2, 0.25) is 0 Å². The zero-order chi connectivity index (χ0) is 22.4. The minimum absolute atomic E-state index is 0.939. The van der Waals surface area contributed by atoms with E-state index >= 15 is 0 Å². The Morgan fingerprint density at radius 2 is 1.27 bits per heavy atom. The molecule has 4 aliphatic rings. The van der Waals surface area contributed by atoms with E-state index in [0.717, 1.165) is 48.3 Å². The van der Waals surface area contributed by atoms with Crippen LogP contribution in [0.25, 0.3) is 11.5 Å². The number of hydrogen-bond donors (Lipinski definition) is 0. The monoisotopic (exact) mass is 430 g/mol. The summed E-state index contributed by atoms with van der Waals surface area (Å²) in [4.78, 5) is 0. The lowest BCUT2D eigenvalue weighted by atomic mass is 9.92. The van der Waals surface area contributed by atoms with Crippen molar-refractivity contribution in [3.05, 3.63) is 130 Å². The van der Waals surface area contributed by atoms with E-state index in [1.165, 1.54) is 39.2 Å². The second kappa shape index (κ2) is 8.04. The summed E-state index contributed by atoms with van der Waals surface area (Å²) >= 11 is 0. The standard InChI is InChI=1S/C31H28NO/c1-32(2)24-14-16-25-23(19-24)13-15-26(25)27-17-18-28-29(27)20-30(21-9-5-3-6-10-21)33-31(28)22-11-7-4-8-12-22/h3-12,14,16,19-20H,13,15,17-18H2,1-2H3/q+1. The van der Waals surface area contributed by atoms with E-state index in [9.17, 15) is 0 Å². The van der Waals surface area contributed by atoms with Gasteiger partial charge in [0.2, 0.25) is 0 Å². The molecule has 0 bridgehead atoms. The first-order chi connectivity index (χ1) is 16.2. The van der Waals surface area contributed by atoms with E-state index in [0.29, 0.717) is 0 Å².